The van der Waals surface area contributed by atoms with Crippen LogP contribution in [0.15, 0.2) is 24.3 Å². The molecule has 0 aliphatic rings. The average molecular weight is 267 g/mol. The average Bonchev–Trinajstić information content (AvgIpc) is 2.39. The molecule has 1 aromatic carbocycles. The summed E-state index contributed by atoms with van der Waals surface area (Å²) in [6, 6.07) is 6.19. The van der Waals surface area contributed by atoms with Crippen LogP contribution >= 0.6 is 0 Å². The molecule has 1 atom stereocenters. The molecule has 1 rings (SSSR count). The second-order valence-electron chi connectivity index (χ2n) is 4.15. The number of rotatable bonds is 6. The van der Waals surface area contributed by atoms with Gasteiger partial charge in [0.2, 0.25) is 5.91 Å². The van der Waals surface area contributed by atoms with Crippen LogP contribution < -0.4 is 5.32 Å². The van der Waals surface area contributed by atoms with E-state index >= 15 is 0 Å². The Morgan fingerprint density at radius 1 is 1.42 bits per heavy atom. The van der Waals surface area contributed by atoms with Crippen molar-refractivity contribution in [1.82, 2.24) is 5.32 Å². The number of carbonyl (C=O) groups is 2. The normalized spacial score (nSPS) is 11.7. The lowest BCUT2D eigenvalue weighted by molar-refractivity contribution is -0.150. The number of nitrogens with one attached hydrogen (secondary N) is 1. The summed E-state index contributed by atoms with van der Waals surface area (Å²) in [7, 11) is 1.25. The van der Waals surface area contributed by atoms with Crippen molar-refractivity contribution >= 4 is 11.9 Å². The monoisotopic (exact) mass is 267 g/mol. The number of halogens is 1. The highest BCUT2D eigenvalue weighted by atomic mass is 19.1. The molecule has 0 saturated heterocycles. The zero-order chi connectivity index (χ0) is 14.3. The minimum atomic E-state index is -0.780. The number of benzene rings is 1. The molecule has 0 radical (unpaired) electrons. The summed E-state index contributed by atoms with van der Waals surface area (Å²) in [5, 5.41) is 2.65. The maximum absolute atomic E-state index is 12.9. The van der Waals surface area contributed by atoms with E-state index in [0.717, 1.165) is 5.56 Å². The van der Waals surface area contributed by atoms with Gasteiger partial charge in [0.1, 0.15) is 11.7 Å². The second kappa shape index (κ2) is 7.51. The van der Waals surface area contributed by atoms with Gasteiger partial charge in [-0.3, -0.25) is 9.59 Å². The molecule has 1 N–H and O–H groups in total. The molecular weight excluding hydrogens is 249 g/mol. The fourth-order valence-electron chi connectivity index (χ4n) is 1.75. The number of hydrogen-bond acceptors (Lipinski definition) is 3. The van der Waals surface area contributed by atoms with Gasteiger partial charge in [-0.25, -0.2) is 4.39 Å². The molecule has 0 aliphatic carbocycles. The van der Waals surface area contributed by atoms with Gasteiger partial charge in [-0.1, -0.05) is 19.1 Å². The summed E-state index contributed by atoms with van der Waals surface area (Å²) in [5.74, 6) is -1.97. The van der Waals surface area contributed by atoms with Crippen LogP contribution in [-0.4, -0.2) is 25.5 Å². The van der Waals surface area contributed by atoms with Crippen molar-refractivity contribution in [2.45, 2.75) is 19.8 Å². The van der Waals surface area contributed by atoms with E-state index in [-0.39, 0.29) is 11.7 Å². The van der Waals surface area contributed by atoms with Crippen LogP contribution in [0.1, 0.15) is 18.9 Å². The minimum absolute atomic E-state index is 0.301. The summed E-state index contributed by atoms with van der Waals surface area (Å²) in [4.78, 5) is 23.1. The number of amides is 1. The maximum Gasteiger partial charge on any atom is 0.318 e. The molecule has 0 aromatic heterocycles. The Labute approximate surface area is 112 Å². The third kappa shape index (κ3) is 4.69. The van der Waals surface area contributed by atoms with E-state index in [1.54, 1.807) is 19.1 Å². The third-order valence-corrected chi connectivity index (χ3v) is 2.81. The molecule has 0 spiro atoms. The third-order valence-electron chi connectivity index (χ3n) is 2.81. The number of carbonyl (C=O) groups excluding carboxylic acids is 2. The summed E-state index contributed by atoms with van der Waals surface area (Å²) in [5.41, 5.74) is 0.798. The Hall–Kier alpha value is -1.91. The SMILES string of the molecule is CCC(C(=O)NCCc1cccc(F)c1)C(=O)OC. The van der Waals surface area contributed by atoms with Crippen molar-refractivity contribution in [3.8, 4) is 0 Å². The number of esters is 1. The molecule has 104 valence electrons. The van der Waals surface area contributed by atoms with Gasteiger partial charge >= 0.3 is 5.97 Å². The summed E-state index contributed by atoms with van der Waals surface area (Å²) < 4.78 is 17.5. The van der Waals surface area contributed by atoms with E-state index in [2.05, 4.69) is 10.1 Å². The van der Waals surface area contributed by atoms with Crippen molar-refractivity contribution in [3.05, 3.63) is 35.6 Å². The first-order valence-corrected chi connectivity index (χ1v) is 6.18. The van der Waals surface area contributed by atoms with Gasteiger partial charge < -0.3 is 10.1 Å². The van der Waals surface area contributed by atoms with Crippen molar-refractivity contribution in [3.63, 3.8) is 0 Å². The molecular formula is C14H18FNO3. The highest BCUT2D eigenvalue weighted by Crippen LogP contribution is 2.06. The number of methoxy groups -OCH3 is 1. The van der Waals surface area contributed by atoms with Crippen molar-refractivity contribution in [2.75, 3.05) is 13.7 Å². The standard InChI is InChI=1S/C14H18FNO3/c1-3-12(14(18)19-2)13(17)16-8-7-10-5-4-6-11(15)9-10/h4-6,9,12H,3,7-8H2,1-2H3,(H,16,17). The maximum atomic E-state index is 12.9. The fraction of sp³-hybridized carbons (Fsp3) is 0.429. The Morgan fingerprint density at radius 2 is 2.16 bits per heavy atom. The number of ether oxygens (including phenoxy) is 1. The van der Waals surface area contributed by atoms with E-state index < -0.39 is 11.9 Å². The summed E-state index contributed by atoms with van der Waals surface area (Å²) in [6.45, 7) is 2.10. The van der Waals surface area contributed by atoms with Gasteiger partial charge in [-0.2, -0.15) is 0 Å². The summed E-state index contributed by atoms with van der Waals surface area (Å²) >= 11 is 0. The van der Waals surface area contributed by atoms with E-state index in [1.807, 2.05) is 0 Å². The predicted octanol–water partition coefficient (Wildman–Crippen LogP) is 1.68. The fourth-order valence-corrected chi connectivity index (χ4v) is 1.75. The molecule has 0 aliphatic heterocycles. The lowest BCUT2D eigenvalue weighted by Crippen LogP contribution is -2.36. The highest BCUT2D eigenvalue weighted by molar-refractivity contribution is 5.97. The summed E-state index contributed by atoms with van der Waals surface area (Å²) in [6.07, 6.45) is 0.902. The molecule has 4 nitrogen and oxygen atoms in total. The molecule has 1 aromatic rings. The molecule has 1 unspecified atom stereocenters. The van der Waals surface area contributed by atoms with E-state index in [9.17, 15) is 14.0 Å². The first-order valence-electron chi connectivity index (χ1n) is 6.18. The Kier molecular flexibility index (Phi) is 5.99. The van der Waals surface area contributed by atoms with Crippen LogP contribution in [0.3, 0.4) is 0 Å². The topological polar surface area (TPSA) is 55.4 Å². The molecule has 0 bridgehead atoms. The Balaban J connectivity index is 2.44. The largest absolute Gasteiger partial charge is 0.468 e. The van der Waals surface area contributed by atoms with Crippen LogP contribution in [0, 0.1) is 11.7 Å². The van der Waals surface area contributed by atoms with E-state index in [0.29, 0.717) is 19.4 Å². The van der Waals surface area contributed by atoms with Crippen molar-refractivity contribution in [2.24, 2.45) is 5.92 Å². The predicted molar refractivity (Wildman–Crippen MR) is 68.9 cm³/mol. The van der Waals surface area contributed by atoms with Gasteiger partial charge in [0, 0.05) is 6.54 Å². The van der Waals surface area contributed by atoms with Crippen LogP contribution in [0.5, 0.6) is 0 Å². The van der Waals surface area contributed by atoms with Crippen molar-refractivity contribution < 1.29 is 18.7 Å². The quantitative estimate of drug-likeness (QED) is 0.630. The van der Waals surface area contributed by atoms with Crippen LogP contribution in [0.4, 0.5) is 4.39 Å². The van der Waals surface area contributed by atoms with Crippen LogP contribution in [0.2, 0.25) is 0 Å². The first-order chi connectivity index (χ1) is 9.08. The molecule has 0 heterocycles. The van der Waals surface area contributed by atoms with Gasteiger partial charge in [0.05, 0.1) is 7.11 Å². The minimum Gasteiger partial charge on any atom is -0.468 e. The van der Waals surface area contributed by atoms with Crippen LogP contribution in [0.25, 0.3) is 0 Å². The van der Waals surface area contributed by atoms with Gasteiger partial charge in [0.15, 0.2) is 0 Å². The molecule has 19 heavy (non-hydrogen) atoms. The van der Waals surface area contributed by atoms with E-state index in [4.69, 9.17) is 0 Å². The zero-order valence-corrected chi connectivity index (χ0v) is 11.1. The lowest BCUT2D eigenvalue weighted by Gasteiger charge is -2.12. The molecule has 1 amide bonds. The highest BCUT2D eigenvalue weighted by Gasteiger charge is 2.24. The molecule has 5 heteroatoms. The zero-order valence-electron chi connectivity index (χ0n) is 11.1. The Bertz CT molecular complexity index is 448. The number of hydrogen-bond donors (Lipinski definition) is 1. The van der Waals surface area contributed by atoms with Gasteiger partial charge in [-0.05, 0) is 30.5 Å². The second-order valence-corrected chi connectivity index (χ2v) is 4.15. The molecule has 0 saturated carbocycles. The lowest BCUT2D eigenvalue weighted by atomic mass is 10.1. The van der Waals surface area contributed by atoms with Gasteiger partial charge in [0.25, 0.3) is 0 Å². The van der Waals surface area contributed by atoms with E-state index in [1.165, 1.54) is 19.2 Å². The Morgan fingerprint density at radius 3 is 2.74 bits per heavy atom. The van der Waals surface area contributed by atoms with Gasteiger partial charge in [-0.15, -0.1) is 0 Å². The molecule has 0 fully saturated rings. The smallest absolute Gasteiger partial charge is 0.318 e. The van der Waals surface area contributed by atoms with Crippen molar-refractivity contribution in [1.29, 1.82) is 0 Å². The van der Waals surface area contributed by atoms with Crippen LogP contribution in [-0.2, 0) is 20.7 Å². The first kappa shape index (κ1) is 15.1.